The Morgan fingerprint density at radius 3 is 2.46 bits per heavy atom. The van der Waals surface area contributed by atoms with Gasteiger partial charge in [-0.2, -0.15) is 0 Å². The van der Waals surface area contributed by atoms with Crippen LogP contribution in [0.25, 0.3) is 0 Å². The van der Waals surface area contributed by atoms with Gasteiger partial charge in [-0.15, -0.1) is 0 Å². The predicted molar refractivity (Wildman–Crippen MR) is 137 cm³/mol. The summed E-state index contributed by atoms with van der Waals surface area (Å²) in [7, 11) is 0. The Bertz CT molecular complexity index is 1050. The number of rotatable bonds is 6. The summed E-state index contributed by atoms with van der Waals surface area (Å²) >= 11 is 0. The Balaban J connectivity index is 1.23. The lowest BCUT2D eigenvalue weighted by molar-refractivity contribution is -0.135. The largest absolute Gasteiger partial charge is 0.338 e. The van der Waals surface area contributed by atoms with Crippen molar-refractivity contribution in [2.75, 3.05) is 26.2 Å². The third kappa shape index (κ3) is 5.13. The molecule has 1 aromatic heterocycles. The second kappa shape index (κ2) is 10.1. The van der Waals surface area contributed by atoms with Gasteiger partial charge in [0.25, 0.3) is 5.91 Å². The predicted octanol–water partition coefficient (Wildman–Crippen LogP) is 4.06. The number of pyridine rings is 1. The first kappa shape index (κ1) is 24.0. The number of amides is 2. The number of nitrogens with zero attached hydrogens (tertiary/aromatic N) is 4. The van der Waals surface area contributed by atoms with Gasteiger partial charge >= 0.3 is 0 Å². The maximum Gasteiger partial charge on any atom is 0.255 e. The lowest BCUT2D eigenvalue weighted by Gasteiger charge is -2.42. The number of likely N-dealkylation sites (tertiary alicyclic amines) is 2. The van der Waals surface area contributed by atoms with Gasteiger partial charge in [-0.25, -0.2) is 0 Å². The highest BCUT2D eigenvalue weighted by Gasteiger charge is 2.41. The molecule has 2 saturated heterocycles. The number of aryl methyl sites for hydroxylation is 2. The minimum absolute atomic E-state index is 0.113. The molecule has 0 spiro atoms. The molecule has 0 N–H and O–H groups in total. The molecular formula is C29H38N4O2. The quantitative estimate of drug-likeness (QED) is 0.634. The molecule has 2 aromatic rings. The van der Waals surface area contributed by atoms with E-state index >= 15 is 0 Å². The Kier molecular flexibility index (Phi) is 6.92. The third-order valence-electron chi connectivity index (χ3n) is 8.22. The molecular weight excluding hydrogens is 436 g/mol. The average molecular weight is 475 g/mol. The van der Waals surface area contributed by atoms with E-state index in [1.165, 1.54) is 5.56 Å². The number of benzene rings is 1. The molecule has 3 heterocycles. The molecule has 0 bridgehead atoms. The van der Waals surface area contributed by atoms with Crippen molar-refractivity contribution in [3.05, 3.63) is 65.0 Å². The van der Waals surface area contributed by atoms with Gasteiger partial charge in [0.15, 0.2) is 0 Å². The minimum Gasteiger partial charge on any atom is -0.338 e. The molecule has 1 saturated carbocycles. The maximum absolute atomic E-state index is 13.3. The lowest BCUT2D eigenvalue weighted by atomic mass is 9.91. The highest BCUT2D eigenvalue weighted by Crippen LogP contribution is 2.35. The van der Waals surface area contributed by atoms with E-state index < -0.39 is 0 Å². The molecule has 1 aromatic carbocycles. The van der Waals surface area contributed by atoms with E-state index in [4.69, 9.17) is 0 Å². The van der Waals surface area contributed by atoms with E-state index in [1.807, 2.05) is 30.9 Å². The summed E-state index contributed by atoms with van der Waals surface area (Å²) in [4.78, 5) is 37.6. The number of aromatic nitrogens is 1. The van der Waals surface area contributed by atoms with Crippen molar-refractivity contribution in [1.29, 1.82) is 0 Å². The number of hydrogen-bond acceptors (Lipinski definition) is 4. The molecule has 6 nitrogen and oxygen atoms in total. The molecule has 3 atom stereocenters. The van der Waals surface area contributed by atoms with Crippen LogP contribution in [0.5, 0.6) is 0 Å². The average Bonchev–Trinajstić information content (AvgIpc) is 3.60. The van der Waals surface area contributed by atoms with E-state index in [-0.39, 0.29) is 17.9 Å². The van der Waals surface area contributed by atoms with Gasteiger partial charge in [-0.1, -0.05) is 37.3 Å². The van der Waals surface area contributed by atoms with E-state index in [9.17, 15) is 9.59 Å². The number of carbonyl (C=O) groups is 2. The summed E-state index contributed by atoms with van der Waals surface area (Å²) in [6.45, 7) is 10.4. The van der Waals surface area contributed by atoms with E-state index in [0.29, 0.717) is 24.4 Å². The number of piperidine rings is 1. The zero-order valence-corrected chi connectivity index (χ0v) is 21.3. The van der Waals surface area contributed by atoms with Crippen molar-refractivity contribution < 1.29 is 9.59 Å². The molecule has 1 aliphatic carbocycles. The maximum atomic E-state index is 13.3. The van der Waals surface area contributed by atoms with Crippen LogP contribution >= 0.6 is 0 Å². The van der Waals surface area contributed by atoms with Gasteiger partial charge in [-0.3, -0.25) is 19.5 Å². The van der Waals surface area contributed by atoms with Crippen LogP contribution in [0.1, 0.15) is 59.8 Å². The number of hydrogen-bond donors (Lipinski definition) is 0. The molecule has 3 aliphatic rings. The normalized spacial score (nSPS) is 25.0. The van der Waals surface area contributed by atoms with Crippen LogP contribution in [0.15, 0.2) is 42.6 Å². The standard InChI is InChI=1S/C29H38N4O2/c1-20-11-14-30-22(3)27(20)29(35)32-16-13-26(21(2)17-32)31-15-12-25(19-31)33(28(34)24-9-10-24)18-23-7-5-4-6-8-23/h4-8,11,14,21,24-26H,9-10,12-13,15-19H2,1-3H3/t21-,25-,26?/m1/s1. The molecule has 6 heteroatoms. The first-order valence-electron chi connectivity index (χ1n) is 13.2. The van der Waals surface area contributed by atoms with Crippen LogP contribution in [0, 0.1) is 25.7 Å². The minimum atomic E-state index is 0.113. The SMILES string of the molecule is Cc1ccnc(C)c1C(=O)N1CCC(N2CC[C@@H](N(Cc3ccccc3)C(=O)C3CC3)C2)[C@H](C)C1. The number of carbonyl (C=O) groups excluding carboxylic acids is 2. The van der Waals surface area contributed by atoms with E-state index in [0.717, 1.165) is 68.7 Å². The molecule has 2 aliphatic heterocycles. The van der Waals surface area contributed by atoms with Gasteiger partial charge in [0.05, 0.1) is 11.3 Å². The zero-order chi connectivity index (χ0) is 24.5. The van der Waals surface area contributed by atoms with Crippen molar-refractivity contribution >= 4 is 11.8 Å². The van der Waals surface area contributed by atoms with Crippen LogP contribution in [-0.4, -0.2) is 69.8 Å². The van der Waals surface area contributed by atoms with Crippen molar-refractivity contribution in [2.45, 2.75) is 65.1 Å². The topological polar surface area (TPSA) is 56.8 Å². The molecule has 186 valence electrons. The molecule has 35 heavy (non-hydrogen) atoms. The van der Waals surface area contributed by atoms with Crippen LogP contribution in [-0.2, 0) is 11.3 Å². The fraction of sp³-hybridized carbons (Fsp3) is 0.552. The van der Waals surface area contributed by atoms with Crippen molar-refractivity contribution in [3.63, 3.8) is 0 Å². The first-order chi connectivity index (χ1) is 16.9. The lowest BCUT2D eigenvalue weighted by Crippen LogP contribution is -2.52. The van der Waals surface area contributed by atoms with Crippen molar-refractivity contribution in [2.24, 2.45) is 11.8 Å². The van der Waals surface area contributed by atoms with Crippen LogP contribution in [0.3, 0.4) is 0 Å². The smallest absolute Gasteiger partial charge is 0.255 e. The summed E-state index contributed by atoms with van der Waals surface area (Å²) in [6, 6.07) is 13.0. The Hall–Kier alpha value is -2.73. The molecule has 5 rings (SSSR count). The highest BCUT2D eigenvalue weighted by molar-refractivity contribution is 5.96. The first-order valence-corrected chi connectivity index (χ1v) is 13.2. The molecule has 3 fully saturated rings. The van der Waals surface area contributed by atoms with Gasteiger partial charge in [0.1, 0.15) is 0 Å². The zero-order valence-electron chi connectivity index (χ0n) is 21.3. The highest BCUT2D eigenvalue weighted by atomic mass is 16.2. The Labute approximate surface area is 209 Å². The molecule has 2 amide bonds. The van der Waals surface area contributed by atoms with Gasteiger partial charge in [0.2, 0.25) is 5.91 Å². The van der Waals surface area contributed by atoms with Gasteiger partial charge in [-0.05, 0) is 62.6 Å². The summed E-state index contributed by atoms with van der Waals surface area (Å²) in [5.41, 5.74) is 3.78. The summed E-state index contributed by atoms with van der Waals surface area (Å²) in [6.07, 6.45) is 5.87. The fourth-order valence-electron chi connectivity index (χ4n) is 6.09. The molecule has 0 radical (unpaired) electrons. The van der Waals surface area contributed by atoms with Gasteiger partial charge in [0, 0.05) is 56.9 Å². The van der Waals surface area contributed by atoms with Gasteiger partial charge < -0.3 is 9.80 Å². The molecule has 1 unspecified atom stereocenters. The summed E-state index contributed by atoms with van der Waals surface area (Å²) in [5.74, 6) is 1.09. The monoisotopic (exact) mass is 474 g/mol. The summed E-state index contributed by atoms with van der Waals surface area (Å²) in [5, 5.41) is 0. The second-order valence-corrected chi connectivity index (χ2v) is 10.8. The van der Waals surface area contributed by atoms with Crippen LogP contribution in [0.2, 0.25) is 0 Å². The Morgan fingerprint density at radius 1 is 1.00 bits per heavy atom. The van der Waals surface area contributed by atoms with E-state index in [2.05, 4.69) is 46.0 Å². The fourth-order valence-corrected chi connectivity index (χ4v) is 6.09. The van der Waals surface area contributed by atoms with Crippen molar-refractivity contribution in [3.8, 4) is 0 Å². The van der Waals surface area contributed by atoms with Crippen LogP contribution in [0.4, 0.5) is 0 Å². The Morgan fingerprint density at radius 2 is 1.77 bits per heavy atom. The van der Waals surface area contributed by atoms with Crippen molar-refractivity contribution in [1.82, 2.24) is 19.7 Å². The summed E-state index contributed by atoms with van der Waals surface area (Å²) < 4.78 is 0. The second-order valence-electron chi connectivity index (χ2n) is 10.8. The third-order valence-corrected chi connectivity index (χ3v) is 8.22. The van der Waals surface area contributed by atoms with E-state index in [1.54, 1.807) is 6.20 Å². The van der Waals surface area contributed by atoms with Crippen LogP contribution < -0.4 is 0 Å².